The molecule has 0 spiro atoms. The topological polar surface area (TPSA) is 47.6 Å². The van der Waals surface area contributed by atoms with Gasteiger partial charge in [0.1, 0.15) is 17.9 Å². The van der Waals surface area contributed by atoms with E-state index < -0.39 is 0 Å². The minimum absolute atomic E-state index is 0.0338. The molecule has 2 atom stereocenters. The van der Waals surface area contributed by atoms with Crippen LogP contribution in [0.5, 0.6) is 5.75 Å². The number of carbonyl (C=O) groups is 1. The fraction of sp³-hybridized carbons (Fsp3) is 0.417. The molecule has 4 heteroatoms. The Morgan fingerprint density at radius 2 is 2.12 bits per heavy atom. The summed E-state index contributed by atoms with van der Waals surface area (Å²) in [5.41, 5.74) is 0. The Kier molecular flexibility index (Phi) is 3.41. The van der Waals surface area contributed by atoms with Gasteiger partial charge in [0.15, 0.2) is 0 Å². The highest BCUT2D eigenvalue weighted by molar-refractivity contribution is 5.76. The first-order valence-electron chi connectivity index (χ1n) is 5.32. The fourth-order valence-electron chi connectivity index (χ4n) is 1.81. The zero-order valence-electron chi connectivity index (χ0n) is 9.18. The lowest BCUT2D eigenvalue weighted by Crippen LogP contribution is -2.31. The summed E-state index contributed by atoms with van der Waals surface area (Å²) in [5, 5.41) is 3.08. The van der Waals surface area contributed by atoms with Crippen molar-refractivity contribution < 1.29 is 14.3 Å². The van der Waals surface area contributed by atoms with Crippen LogP contribution in [0.3, 0.4) is 0 Å². The smallest absolute Gasteiger partial charge is 0.323 e. The van der Waals surface area contributed by atoms with Gasteiger partial charge in [-0.05, 0) is 12.1 Å². The lowest BCUT2D eigenvalue weighted by molar-refractivity contribution is -0.142. The van der Waals surface area contributed by atoms with Crippen molar-refractivity contribution in [2.24, 2.45) is 0 Å². The van der Waals surface area contributed by atoms with E-state index in [2.05, 4.69) is 10.1 Å². The summed E-state index contributed by atoms with van der Waals surface area (Å²) in [4.78, 5) is 11.3. The molecule has 0 saturated carbocycles. The SMILES string of the molecule is COC(=O)[C@@H]1CC(Oc2ccccc2)CN1. The van der Waals surface area contributed by atoms with Crippen molar-refractivity contribution in [2.45, 2.75) is 18.6 Å². The predicted molar refractivity (Wildman–Crippen MR) is 59.3 cm³/mol. The molecular formula is C12H15NO3. The highest BCUT2D eigenvalue weighted by Crippen LogP contribution is 2.17. The van der Waals surface area contributed by atoms with Gasteiger partial charge < -0.3 is 14.8 Å². The lowest BCUT2D eigenvalue weighted by atomic mass is 10.2. The first-order valence-corrected chi connectivity index (χ1v) is 5.32. The molecule has 0 bridgehead atoms. The van der Waals surface area contributed by atoms with Crippen LogP contribution in [0.15, 0.2) is 30.3 Å². The molecule has 0 radical (unpaired) electrons. The van der Waals surface area contributed by atoms with Gasteiger partial charge in [-0.2, -0.15) is 0 Å². The standard InChI is InChI=1S/C12H15NO3/c1-15-12(14)11-7-10(8-13-11)16-9-5-3-2-4-6-9/h2-6,10-11,13H,7-8H2,1H3/t10?,11-/m0/s1. The van der Waals surface area contributed by atoms with E-state index in [1.807, 2.05) is 30.3 Å². The molecule has 4 nitrogen and oxygen atoms in total. The van der Waals surface area contributed by atoms with Crippen LogP contribution >= 0.6 is 0 Å². The number of hydrogen-bond donors (Lipinski definition) is 1. The minimum atomic E-state index is -0.237. The van der Waals surface area contributed by atoms with Crippen LogP contribution in [0.25, 0.3) is 0 Å². The molecule has 1 aliphatic heterocycles. The summed E-state index contributed by atoms with van der Waals surface area (Å²) in [5.74, 6) is 0.610. The molecule has 1 aromatic rings. The lowest BCUT2D eigenvalue weighted by Gasteiger charge is -2.12. The number of ether oxygens (including phenoxy) is 2. The van der Waals surface area contributed by atoms with E-state index in [0.717, 1.165) is 5.75 Å². The summed E-state index contributed by atoms with van der Waals surface area (Å²) in [6, 6.07) is 9.37. The molecule has 2 rings (SSSR count). The van der Waals surface area contributed by atoms with Crippen molar-refractivity contribution in [3.8, 4) is 5.75 Å². The normalized spacial score (nSPS) is 24.1. The molecule has 0 amide bonds. The van der Waals surface area contributed by atoms with E-state index in [1.54, 1.807) is 0 Å². The molecule has 86 valence electrons. The summed E-state index contributed by atoms with van der Waals surface area (Å²) in [6.45, 7) is 0.675. The average Bonchev–Trinajstić information content (AvgIpc) is 2.78. The summed E-state index contributed by atoms with van der Waals surface area (Å²) in [7, 11) is 1.40. The molecule has 1 heterocycles. The van der Waals surface area contributed by atoms with Crippen molar-refractivity contribution in [2.75, 3.05) is 13.7 Å². The van der Waals surface area contributed by atoms with E-state index in [0.29, 0.717) is 13.0 Å². The molecule has 1 fully saturated rings. The molecule has 0 aliphatic carbocycles. The van der Waals surface area contributed by atoms with Crippen molar-refractivity contribution in [3.63, 3.8) is 0 Å². The van der Waals surface area contributed by atoms with E-state index in [4.69, 9.17) is 4.74 Å². The van der Waals surface area contributed by atoms with Gasteiger partial charge in [0.25, 0.3) is 0 Å². The quantitative estimate of drug-likeness (QED) is 0.773. The minimum Gasteiger partial charge on any atom is -0.489 e. The second kappa shape index (κ2) is 4.99. The Bertz CT molecular complexity index is 353. The van der Waals surface area contributed by atoms with Gasteiger partial charge in [0, 0.05) is 13.0 Å². The number of methoxy groups -OCH3 is 1. The Balaban J connectivity index is 1.88. The van der Waals surface area contributed by atoms with Gasteiger partial charge >= 0.3 is 5.97 Å². The fourth-order valence-corrected chi connectivity index (χ4v) is 1.81. The first-order chi connectivity index (χ1) is 7.79. The maximum absolute atomic E-state index is 11.3. The number of benzene rings is 1. The maximum atomic E-state index is 11.3. The van der Waals surface area contributed by atoms with Crippen LogP contribution in [-0.4, -0.2) is 31.8 Å². The Morgan fingerprint density at radius 1 is 1.38 bits per heavy atom. The van der Waals surface area contributed by atoms with Crippen molar-refractivity contribution in [1.29, 1.82) is 0 Å². The third-order valence-electron chi connectivity index (χ3n) is 2.62. The van der Waals surface area contributed by atoms with E-state index >= 15 is 0 Å². The number of para-hydroxylation sites is 1. The van der Waals surface area contributed by atoms with Gasteiger partial charge in [-0.1, -0.05) is 18.2 Å². The van der Waals surface area contributed by atoms with E-state index in [1.165, 1.54) is 7.11 Å². The zero-order chi connectivity index (χ0) is 11.4. The van der Waals surface area contributed by atoms with Crippen molar-refractivity contribution >= 4 is 5.97 Å². The van der Waals surface area contributed by atoms with Crippen LogP contribution in [-0.2, 0) is 9.53 Å². The average molecular weight is 221 g/mol. The second-order valence-electron chi connectivity index (χ2n) is 3.77. The molecule has 0 aromatic heterocycles. The van der Waals surface area contributed by atoms with Crippen LogP contribution in [0.4, 0.5) is 0 Å². The largest absolute Gasteiger partial charge is 0.489 e. The highest BCUT2D eigenvalue weighted by Gasteiger charge is 2.31. The van der Waals surface area contributed by atoms with E-state index in [9.17, 15) is 4.79 Å². The third-order valence-corrected chi connectivity index (χ3v) is 2.62. The van der Waals surface area contributed by atoms with Gasteiger partial charge in [0.05, 0.1) is 7.11 Å². The Labute approximate surface area is 94.6 Å². The number of hydrogen-bond acceptors (Lipinski definition) is 4. The molecular weight excluding hydrogens is 206 g/mol. The first kappa shape index (κ1) is 11.0. The molecule has 1 unspecified atom stereocenters. The zero-order valence-corrected chi connectivity index (χ0v) is 9.18. The molecule has 1 aromatic carbocycles. The molecule has 16 heavy (non-hydrogen) atoms. The summed E-state index contributed by atoms with van der Waals surface area (Å²) < 4.78 is 10.4. The van der Waals surface area contributed by atoms with E-state index in [-0.39, 0.29) is 18.1 Å². The van der Waals surface area contributed by atoms with Gasteiger partial charge in [0.2, 0.25) is 0 Å². The summed E-state index contributed by atoms with van der Waals surface area (Å²) in [6.07, 6.45) is 0.688. The van der Waals surface area contributed by atoms with Crippen molar-refractivity contribution in [3.05, 3.63) is 30.3 Å². The number of esters is 1. The van der Waals surface area contributed by atoms with Crippen LogP contribution < -0.4 is 10.1 Å². The number of rotatable bonds is 3. The second-order valence-corrected chi connectivity index (χ2v) is 3.77. The predicted octanol–water partition coefficient (Wildman–Crippen LogP) is 0.969. The Morgan fingerprint density at radius 3 is 2.81 bits per heavy atom. The number of carbonyl (C=O) groups excluding carboxylic acids is 1. The molecule has 1 saturated heterocycles. The molecule has 1 aliphatic rings. The Hall–Kier alpha value is -1.55. The highest BCUT2D eigenvalue weighted by atomic mass is 16.5. The number of nitrogens with one attached hydrogen (secondary N) is 1. The summed E-state index contributed by atoms with van der Waals surface area (Å²) >= 11 is 0. The monoisotopic (exact) mass is 221 g/mol. The third kappa shape index (κ3) is 2.52. The van der Waals surface area contributed by atoms with Crippen molar-refractivity contribution in [1.82, 2.24) is 5.32 Å². The van der Waals surface area contributed by atoms with Crippen LogP contribution in [0.2, 0.25) is 0 Å². The van der Waals surface area contributed by atoms with Gasteiger partial charge in [-0.15, -0.1) is 0 Å². The molecule has 1 N–H and O–H groups in total. The maximum Gasteiger partial charge on any atom is 0.323 e. The van der Waals surface area contributed by atoms with Gasteiger partial charge in [-0.3, -0.25) is 4.79 Å². The van der Waals surface area contributed by atoms with Crippen LogP contribution in [0.1, 0.15) is 6.42 Å². The van der Waals surface area contributed by atoms with Gasteiger partial charge in [-0.25, -0.2) is 0 Å². The van der Waals surface area contributed by atoms with Crippen LogP contribution in [0, 0.1) is 0 Å².